The first-order valence-corrected chi connectivity index (χ1v) is 5.67. The lowest BCUT2D eigenvalue weighted by atomic mass is 10.0. The lowest BCUT2D eigenvalue weighted by Crippen LogP contribution is -2.07. The van der Waals surface area contributed by atoms with Crippen molar-refractivity contribution >= 4 is 18.5 Å². The van der Waals surface area contributed by atoms with E-state index in [4.69, 9.17) is 11.2 Å². The third kappa shape index (κ3) is 6.72. The molecule has 0 aliphatic rings. The van der Waals surface area contributed by atoms with Gasteiger partial charge in [0, 0.05) is 0 Å². The Morgan fingerprint density at radius 3 is 1.75 bits per heavy atom. The van der Waals surface area contributed by atoms with E-state index in [2.05, 4.69) is 27.4 Å². The van der Waals surface area contributed by atoms with E-state index in [-0.39, 0.29) is 7.27 Å². The number of rotatable bonds is 1. The van der Waals surface area contributed by atoms with E-state index in [0.717, 1.165) is 6.16 Å². The highest BCUT2D eigenvalue weighted by atomic mass is 35.7. The van der Waals surface area contributed by atoms with Crippen LogP contribution in [0.2, 0.25) is 0 Å². The van der Waals surface area contributed by atoms with Gasteiger partial charge in [-0.05, 0) is 25.5 Å². The van der Waals surface area contributed by atoms with Crippen molar-refractivity contribution in [1.29, 1.82) is 0 Å². The fourth-order valence-corrected chi connectivity index (χ4v) is 3.04. The van der Waals surface area contributed by atoms with Crippen LogP contribution in [0.5, 0.6) is 0 Å². The number of hydrogen-bond donors (Lipinski definition) is 0. The molecule has 0 rings (SSSR count). The van der Waals surface area contributed by atoms with E-state index in [0.29, 0.717) is 5.41 Å². The van der Waals surface area contributed by atoms with E-state index in [1.165, 1.54) is 0 Å². The highest BCUT2D eigenvalue weighted by Crippen LogP contribution is 2.42. The van der Waals surface area contributed by atoms with Crippen molar-refractivity contribution in [3.63, 3.8) is 0 Å². The van der Waals surface area contributed by atoms with Crippen molar-refractivity contribution in [2.45, 2.75) is 20.8 Å². The maximum Gasteiger partial charge on any atom is -0.0124 e. The molecular weight excluding hydrogens is 138 g/mol. The maximum atomic E-state index is 5.83. The van der Waals surface area contributed by atoms with Gasteiger partial charge in [0.05, 0.1) is 0 Å². The SMILES string of the molecule is CP(Cl)CC(C)(C)C. The molecule has 0 saturated heterocycles. The second-order valence-corrected chi connectivity index (χ2v) is 6.58. The van der Waals surface area contributed by atoms with Crippen LogP contribution in [0.15, 0.2) is 0 Å². The van der Waals surface area contributed by atoms with Crippen LogP contribution < -0.4 is 0 Å². The summed E-state index contributed by atoms with van der Waals surface area (Å²) in [6, 6.07) is 0. The predicted molar refractivity (Wildman–Crippen MR) is 43.0 cm³/mol. The normalized spacial score (nSPS) is 16.1. The molecule has 2 heteroatoms. The molecule has 0 aliphatic heterocycles. The summed E-state index contributed by atoms with van der Waals surface area (Å²) >= 11 is 5.83. The van der Waals surface area contributed by atoms with Crippen LogP contribution in [0.3, 0.4) is 0 Å². The first kappa shape index (κ1) is 8.72. The molecule has 0 nitrogen and oxygen atoms in total. The minimum Gasteiger partial charge on any atom is -0.0967 e. The Labute approximate surface area is 58.2 Å². The average molecular weight is 153 g/mol. The quantitative estimate of drug-likeness (QED) is 0.506. The Hall–Kier alpha value is 0.720. The third-order valence-corrected chi connectivity index (χ3v) is 2.44. The zero-order valence-corrected chi connectivity index (χ0v) is 7.68. The predicted octanol–water partition coefficient (Wildman–Crippen LogP) is 3.30. The molecule has 0 N–H and O–H groups in total. The first-order chi connectivity index (χ1) is 3.42. The first-order valence-electron chi connectivity index (χ1n) is 2.79. The van der Waals surface area contributed by atoms with Gasteiger partial charge in [0.15, 0.2) is 0 Å². The highest BCUT2D eigenvalue weighted by molar-refractivity contribution is 7.83. The summed E-state index contributed by atoms with van der Waals surface area (Å²) in [6.45, 7) is 8.75. The Morgan fingerprint density at radius 2 is 1.75 bits per heavy atom. The van der Waals surface area contributed by atoms with Crippen LogP contribution in [-0.2, 0) is 0 Å². The van der Waals surface area contributed by atoms with Crippen LogP contribution in [-0.4, -0.2) is 12.8 Å². The van der Waals surface area contributed by atoms with E-state index >= 15 is 0 Å². The minimum atomic E-state index is -0.216. The van der Waals surface area contributed by atoms with Gasteiger partial charge in [-0.3, -0.25) is 0 Å². The van der Waals surface area contributed by atoms with E-state index in [1.54, 1.807) is 0 Å². The van der Waals surface area contributed by atoms with Crippen molar-refractivity contribution < 1.29 is 0 Å². The highest BCUT2D eigenvalue weighted by Gasteiger charge is 2.12. The Bertz CT molecular complexity index is 63.4. The fraction of sp³-hybridized carbons (Fsp3) is 1.00. The van der Waals surface area contributed by atoms with Crippen molar-refractivity contribution in [2.24, 2.45) is 5.41 Å². The molecule has 0 saturated carbocycles. The van der Waals surface area contributed by atoms with Crippen molar-refractivity contribution in [3.8, 4) is 0 Å². The molecule has 0 bridgehead atoms. The van der Waals surface area contributed by atoms with E-state index < -0.39 is 0 Å². The fourth-order valence-electron chi connectivity index (χ4n) is 0.654. The standard InChI is InChI=1S/C6H14ClP/c1-6(2,3)5-8(4)7/h5H2,1-4H3. The molecule has 1 atom stereocenters. The van der Waals surface area contributed by atoms with Gasteiger partial charge in [-0.1, -0.05) is 32.0 Å². The minimum absolute atomic E-state index is 0.216. The molecule has 0 heterocycles. The van der Waals surface area contributed by atoms with Gasteiger partial charge in [-0.25, -0.2) is 0 Å². The van der Waals surface area contributed by atoms with Gasteiger partial charge < -0.3 is 0 Å². The van der Waals surface area contributed by atoms with E-state index in [9.17, 15) is 0 Å². The molecule has 50 valence electrons. The topological polar surface area (TPSA) is 0 Å². The molecule has 0 amide bonds. The van der Waals surface area contributed by atoms with Gasteiger partial charge in [0.25, 0.3) is 0 Å². The van der Waals surface area contributed by atoms with Gasteiger partial charge in [0.2, 0.25) is 0 Å². The summed E-state index contributed by atoms with van der Waals surface area (Å²) in [6.07, 6.45) is 1.16. The van der Waals surface area contributed by atoms with Gasteiger partial charge >= 0.3 is 0 Å². The summed E-state index contributed by atoms with van der Waals surface area (Å²) in [5.41, 5.74) is 0.419. The number of halogens is 1. The summed E-state index contributed by atoms with van der Waals surface area (Å²) in [4.78, 5) is 0. The summed E-state index contributed by atoms with van der Waals surface area (Å²) < 4.78 is 0. The molecule has 8 heavy (non-hydrogen) atoms. The third-order valence-electron chi connectivity index (χ3n) is 0.692. The Kier molecular flexibility index (Phi) is 3.31. The number of hydrogen-bond acceptors (Lipinski definition) is 0. The summed E-state index contributed by atoms with van der Waals surface area (Å²) in [5, 5.41) is 0. The van der Waals surface area contributed by atoms with Crippen LogP contribution >= 0.6 is 18.5 Å². The molecule has 0 radical (unpaired) electrons. The molecule has 0 fully saturated rings. The molecular formula is C6H14ClP. The molecule has 0 aromatic rings. The van der Waals surface area contributed by atoms with E-state index in [1.807, 2.05) is 0 Å². The largest absolute Gasteiger partial charge is 0.0967 e. The Morgan fingerprint density at radius 1 is 1.38 bits per heavy atom. The van der Waals surface area contributed by atoms with Crippen molar-refractivity contribution in [1.82, 2.24) is 0 Å². The van der Waals surface area contributed by atoms with Crippen molar-refractivity contribution in [2.75, 3.05) is 12.8 Å². The second kappa shape index (κ2) is 3.03. The summed E-state index contributed by atoms with van der Waals surface area (Å²) in [5.74, 6) is 0. The van der Waals surface area contributed by atoms with Gasteiger partial charge in [-0.15, -0.1) is 0 Å². The zero-order chi connectivity index (χ0) is 6.78. The lowest BCUT2D eigenvalue weighted by Gasteiger charge is -2.18. The smallest absolute Gasteiger partial charge is 0.0124 e. The second-order valence-electron chi connectivity index (χ2n) is 3.32. The molecule has 1 unspecified atom stereocenters. The lowest BCUT2D eigenvalue weighted by molar-refractivity contribution is 0.478. The molecule has 0 aromatic heterocycles. The van der Waals surface area contributed by atoms with Gasteiger partial charge in [-0.2, -0.15) is 0 Å². The van der Waals surface area contributed by atoms with Crippen LogP contribution in [0.25, 0.3) is 0 Å². The van der Waals surface area contributed by atoms with Crippen molar-refractivity contribution in [3.05, 3.63) is 0 Å². The monoisotopic (exact) mass is 152 g/mol. The van der Waals surface area contributed by atoms with Crippen LogP contribution in [0.1, 0.15) is 20.8 Å². The molecule has 0 aromatic carbocycles. The Balaban J connectivity index is 3.39. The summed E-state index contributed by atoms with van der Waals surface area (Å²) in [7, 11) is -0.216. The maximum absolute atomic E-state index is 5.83. The molecule has 0 spiro atoms. The zero-order valence-electron chi connectivity index (χ0n) is 6.03. The van der Waals surface area contributed by atoms with Gasteiger partial charge in [0.1, 0.15) is 0 Å². The van der Waals surface area contributed by atoms with Crippen LogP contribution in [0.4, 0.5) is 0 Å². The average Bonchev–Trinajstić information content (AvgIpc) is 1.21. The van der Waals surface area contributed by atoms with Crippen LogP contribution in [0, 0.1) is 5.41 Å². The molecule has 0 aliphatic carbocycles.